The summed E-state index contributed by atoms with van der Waals surface area (Å²) in [6, 6.07) is 0. The van der Waals surface area contributed by atoms with Crippen molar-refractivity contribution in [3.63, 3.8) is 0 Å². The van der Waals surface area contributed by atoms with Gasteiger partial charge in [0.15, 0.2) is 0 Å². The van der Waals surface area contributed by atoms with Crippen LogP contribution in [0.5, 0.6) is 0 Å². The summed E-state index contributed by atoms with van der Waals surface area (Å²) in [6.45, 7) is 4.68. The van der Waals surface area contributed by atoms with Crippen molar-refractivity contribution in [1.82, 2.24) is 0 Å². The van der Waals surface area contributed by atoms with Gasteiger partial charge in [0.2, 0.25) is 0 Å². The van der Waals surface area contributed by atoms with Gasteiger partial charge in [0.1, 0.15) is 0 Å². The number of ether oxygens (including phenoxy) is 1. The van der Waals surface area contributed by atoms with Crippen LogP contribution in [-0.2, 0) is 9.53 Å². The third kappa shape index (κ3) is 2.19. The maximum absolute atomic E-state index is 11.2. The molecule has 12 heavy (non-hydrogen) atoms. The molecule has 0 aromatic rings. The van der Waals surface area contributed by atoms with E-state index in [4.69, 9.17) is 4.74 Å². The van der Waals surface area contributed by atoms with Crippen molar-refractivity contribution in [2.45, 2.75) is 13.8 Å². The van der Waals surface area contributed by atoms with Gasteiger partial charge < -0.3 is 4.74 Å². The number of allylic oxidation sites excluding steroid dienone is 1. The fourth-order valence-corrected chi connectivity index (χ4v) is 1.01. The number of hydrogen-bond acceptors (Lipinski definition) is 3. The van der Waals surface area contributed by atoms with E-state index in [1.54, 1.807) is 6.92 Å². The lowest BCUT2D eigenvalue weighted by molar-refractivity contribution is -0.145. The zero-order valence-corrected chi connectivity index (χ0v) is 7.41. The molecule has 1 unspecified atom stereocenters. The topological polar surface area (TPSA) is 38.7 Å². The fourth-order valence-electron chi connectivity index (χ4n) is 1.01. The fraction of sp³-hybridized carbons (Fsp3) is 0.556. The van der Waals surface area contributed by atoms with E-state index in [-0.39, 0.29) is 11.9 Å². The molecule has 1 heterocycles. The number of hydrogen-bond donors (Lipinski definition) is 0. The lowest BCUT2D eigenvalue weighted by Crippen LogP contribution is -2.21. The number of nitrogens with zero attached hydrogens (tertiary/aromatic N) is 1. The summed E-state index contributed by atoms with van der Waals surface area (Å²) >= 11 is 0. The Kier molecular flexibility index (Phi) is 3.02. The average Bonchev–Trinajstić information content (AvgIpc) is 2.06. The van der Waals surface area contributed by atoms with Gasteiger partial charge in [0.25, 0.3) is 0 Å². The third-order valence-electron chi connectivity index (χ3n) is 1.70. The van der Waals surface area contributed by atoms with Gasteiger partial charge in [0.05, 0.1) is 19.1 Å². The van der Waals surface area contributed by atoms with Crippen molar-refractivity contribution in [2.24, 2.45) is 10.9 Å². The van der Waals surface area contributed by atoms with Crippen molar-refractivity contribution in [1.29, 1.82) is 0 Å². The van der Waals surface area contributed by atoms with Crippen LogP contribution < -0.4 is 0 Å². The van der Waals surface area contributed by atoms with Crippen LogP contribution >= 0.6 is 0 Å². The van der Waals surface area contributed by atoms with Gasteiger partial charge in [-0.25, -0.2) is 0 Å². The Morgan fingerprint density at radius 1 is 1.83 bits per heavy atom. The average molecular weight is 167 g/mol. The Balaban J connectivity index is 2.47. The van der Waals surface area contributed by atoms with E-state index in [0.29, 0.717) is 13.2 Å². The zero-order valence-electron chi connectivity index (χ0n) is 7.41. The molecular weight excluding hydrogens is 154 g/mol. The lowest BCUT2D eigenvalue weighted by Gasteiger charge is -2.12. The molecule has 0 bridgehead atoms. The molecule has 0 saturated heterocycles. The minimum absolute atomic E-state index is 0.173. The molecule has 1 aliphatic heterocycles. The van der Waals surface area contributed by atoms with Gasteiger partial charge in [-0.15, -0.1) is 0 Å². The van der Waals surface area contributed by atoms with Crippen molar-refractivity contribution in [3.05, 3.63) is 12.2 Å². The molecule has 0 amide bonds. The van der Waals surface area contributed by atoms with Gasteiger partial charge in [0, 0.05) is 5.71 Å². The van der Waals surface area contributed by atoms with Gasteiger partial charge in [-0.2, -0.15) is 0 Å². The summed E-state index contributed by atoms with van der Waals surface area (Å²) in [7, 11) is 0. The second-order valence-electron chi connectivity index (χ2n) is 2.70. The summed E-state index contributed by atoms with van der Waals surface area (Å²) in [4.78, 5) is 15.3. The summed E-state index contributed by atoms with van der Waals surface area (Å²) in [5.74, 6) is -0.348. The molecule has 0 spiro atoms. The molecular formula is C9H13NO2. The number of aliphatic imine (C=N–C) groups is 1. The van der Waals surface area contributed by atoms with Crippen LogP contribution in [0.2, 0.25) is 0 Å². The van der Waals surface area contributed by atoms with Crippen LogP contribution in [0.4, 0.5) is 0 Å². The number of esters is 1. The monoisotopic (exact) mass is 167 g/mol. The zero-order chi connectivity index (χ0) is 8.97. The Hall–Kier alpha value is -1.12. The van der Waals surface area contributed by atoms with Crippen LogP contribution in [0.1, 0.15) is 13.8 Å². The van der Waals surface area contributed by atoms with Crippen LogP contribution in [-0.4, -0.2) is 24.8 Å². The van der Waals surface area contributed by atoms with Crippen molar-refractivity contribution < 1.29 is 9.53 Å². The van der Waals surface area contributed by atoms with E-state index in [0.717, 1.165) is 5.71 Å². The van der Waals surface area contributed by atoms with Gasteiger partial charge in [-0.05, 0) is 19.9 Å². The molecule has 0 aromatic heterocycles. The van der Waals surface area contributed by atoms with Crippen molar-refractivity contribution >= 4 is 11.7 Å². The Morgan fingerprint density at radius 3 is 3.08 bits per heavy atom. The molecule has 66 valence electrons. The standard InChI is InChI=1S/C9H13NO2/c1-3-12-9(11)8-5-4-7(2)10-6-8/h4-5,8H,3,6H2,1-2H3. The van der Waals surface area contributed by atoms with Crippen LogP contribution in [0.3, 0.4) is 0 Å². The molecule has 0 aromatic carbocycles. The Labute approximate surface area is 72.1 Å². The normalized spacial score (nSPS) is 21.8. The first-order chi connectivity index (χ1) is 5.74. The minimum atomic E-state index is -0.176. The first kappa shape index (κ1) is 8.97. The second-order valence-corrected chi connectivity index (χ2v) is 2.70. The van der Waals surface area contributed by atoms with E-state index in [9.17, 15) is 4.79 Å². The van der Waals surface area contributed by atoms with E-state index >= 15 is 0 Å². The minimum Gasteiger partial charge on any atom is -0.465 e. The molecule has 0 radical (unpaired) electrons. The highest BCUT2D eigenvalue weighted by molar-refractivity contribution is 5.94. The molecule has 0 N–H and O–H groups in total. The van der Waals surface area contributed by atoms with Gasteiger partial charge >= 0.3 is 5.97 Å². The van der Waals surface area contributed by atoms with Crippen LogP contribution in [0, 0.1) is 5.92 Å². The maximum atomic E-state index is 11.2. The Bertz CT molecular complexity index is 231. The highest BCUT2D eigenvalue weighted by Crippen LogP contribution is 2.08. The molecule has 3 nitrogen and oxygen atoms in total. The quantitative estimate of drug-likeness (QED) is 0.579. The predicted octanol–water partition coefficient (Wildman–Crippen LogP) is 1.20. The largest absolute Gasteiger partial charge is 0.465 e. The molecule has 1 aliphatic rings. The highest BCUT2D eigenvalue weighted by Gasteiger charge is 2.17. The third-order valence-corrected chi connectivity index (χ3v) is 1.70. The summed E-state index contributed by atoms with van der Waals surface area (Å²) in [6.07, 6.45) is 3.70. The molecule has 3 heteroatoms. The molecule has 0 aliphatic carbocycles. The molecule has 1 atom stereocenters. The second kappa shape index (κ2) is 4.04. The van der Waals surface area contributed by atoms with Crippen molar-refractivity contribution in [3.8, 4) is 0 Å². The lowest BCUT2D eigenvalue weighted by atomic mass is 10.1. The summed E-state index contributed by atoms with van der Waals surface area (Å²) in [5.41, 5.74) is 0.968. The Morgan fingerprint density at radius 2 is 2.58 bits per heavy atom. The summed E-state index contributed by atoms with van der Waals surface area (Å²) in [5, 5.41) is 0. The first-order valence-corrected chi connectivity index (χ1v) is 4.10. The van der Waals surface area contributed by atoms with Gasteiger partial charge in [-0.3, -0.25) is 9.79 Å². The van der Waals surface area contributed by atoms with E-state index in [1.807, 2.05) is 19.1 Å². The van der Waals surface area contributed by atoms with E-state index < -0.39 is 0 Å². The maximum Gasteiger partial charge on any atom is 0.314 e. The van der Waals surface area contributed by atoms with E-state index in [1.165, 1.54) is 0 Å². The van der Waals surface area contributed by atoms with Crippen molar-refractivity contribution in [2.75, 3.05) is 13.2 Å². The number of dihydropyridines is 1. The SMILES string of the molecule is CCOC(=O)C1C=CC(C)=NC1. The molecule has 1 rings (SSSR count). The van der Waals surface area contributed by atoms with Crippen LogP contribution in [0.15, 0.2) is 17.1 Å². The smallest absolute Gasteiger partial charge is 0.314 e. The van der Waals surface area contributed by atoms with Gasteiger partial charge in [-0.1, -0.05) is 6.08 Å². The van der Waals surface area contributed by atoms with E-state index in [2.05, 4.69) is 4.99 Å². The highest BCUT2D eigenvalue weighted by atomic mass is 16.5. The summed E-state index contributed by atoms with van der Waals surface area (Å²) < 4.78 is 4.86. The van der Waals surface area contributed by atoms with Crippen LogP contribution in [0.25, 0.3) is 0 Å². The predicted molar refractivity (Wildman–Crippen MR) is 47.2 cm³/mol. The molecule has 0 fully saturated rings. The molecule has 0 saturated carbocycles. The first-order valence-electron chi connectivity index (χ1n) is 4.10. The number of carbonyl (C=O) groups excluding carboxylic acids is 1. The number of carbonyl (C=O) groups is 1. The number of rotatable bonds is 2.